The molecular formula is C11H16O2. The van der Waals surface area contributed by atoms with E-state index in [4.69, 9.17) is 4.74 Å². The van der Waals surface area contributed by atoms with Gasteiger partial charge in [-0.15, -0.1) is 0 Å². The van der Waals surface area contributed by atoms with Gasteiger partial charge in [-0.05, 0) is 38.5 Å². The van der Waals surface area contributed by atoms with Gasteiger partial charge >= 0.3 is 5.97 Å². The molecule has 2 bridgehead atoms. The van der Waals surface area contributed by atoms with E-state index in [1.54, 1.807) is 0 Å². The number of carbonyl (C=O) groups is 1. The van der Waals surface area contributed by atoms with E-state index in [2.05, 4.69) is 12.2 Å². The Hall–Kier alpha value is -0.790. The van der Waals surface area contributed by atoms with E-state index in [1.165, 1.54) is 0 Å². The van der Waals surface area contributed by atoms with Crippen LogP contribution in [0.5, 0.6) is 0 Å². The molecule has 0 amide bonds. The molecule has 2 aliphatic rings. The van der Waals surface area contributed by atoms with Gasteiger partial charge in [-0.2, -0.15) is 0 Å². The lowest BCUT2D eigenvalue weighted by Crippen LogP contribution is -2.24. The zero-order chi connectivity index (χ0) is 9.42. The van der Waals surface area contributed by atoms with E-state index in [0.717, 1.165) is 12.8 Å². The van der Waals surface area contributed by atoms with E-state index in [1.807, 2.05) is 13.8 Å². The summed E-state index contributed by atoms with van der Waals surface area (Å²) in [4.78, 5) is 11.6. The Morgan fingerprint density at radius 1 is 1.38 bits per heavy atom. The van der Waals surface area contributed by atoms with Crippen molar-refractivity contribution in [1.29, 1.82) is 0 Å². The SMILES string of the molecule is CC(C)OC(=O)[C@@H]1C[C@H]2C=C[C@H]1C2. The predicted molar refractivity (Wildman–Crippen MR) is 50.1 cm³/mol. The summed E-state index contributed by atoms with van der Waals surface area (Å²) in [6, 6.07) is 0. The van der Waals surface area contributed by atoms with Crippen molar-refractivity contribution in [3.05, 3.63) is 12.2 Å². The van der Waals surface area contributed by atoms with Crippen LogP contribution in [0.4, 0.5) is 0 Å². The van der Waals surface area contributed by atoms with Gasteiger partial charge in [-0.3, -0.25) is 4.79 Å². The second kappa shape index (κ2) is 3.17. The van der Waals surface area contributed by atoms with Crippen molar-refractivity contribution >= 4 is 5.97 Å². The van der Waals surface area contributed by atoms with E-state index < -0.39 is 0 Å². The molecule has 0 radical (unpaired) electrons. The summed E-state index contributed by atoms with van der Waals surface area (Å²) >= 11 is 0. The quantitative estimate of drug-likeness (QED) is 0.481. The van der Waals surface area contributed by atoms with Crippen LogP contribution in [-0.2, 0) is 9.53 Å². The zero-order valence-electron chi connectivity index (χ0n) is 8.19. The van der Waals surface area contributed by atoms with Gasteiger partial charge < -0.3 is 4.74 Å². The topological polar surface area (TPSA) is 26.3 Å². The normalized spacial score (nSPS) is 35.8. The van der Waals surface area contributed by atoms with Crippen LogP contribution in [-0.4, -0.2) is 12.1 Å². The van der Waals surface area contributed by atoms with Crippen LogP contribution >= 0.6 is 0 Å². The highest BCUT2D eigenvalue weighted by atomic mass is 16.5. The largest absolute Gasteiger partial charge is 0.463 e. The molecule has 0 unspecified atom stereocenters. The third-order valence-corrected chi connectivity index (χ3v) is 2.93. The van der Waals surface area contributed by atoms with E-state index in [9.17, 15) is 4.79 Å². The maximum atomic E-state index is 11.6. The average Bonchev–Trinajstić information content (AvgIpc) is 2.62. The molecule has 1 saturated carbocycles. The molecular weight excluding hydrogens is 164 g/mol. The van der Waals surface area contributed by atoms with Gasteiger partial charge in [0.2, 0.25) is 0 Å². The number of carbonyl (C=O) groups excluding carboxylic acids is 1. The van der Waals surface area contributed by atoms with Crippen molar-refractivity contribution in [3.8, 4) is 0 Å². The van der Waals surface area contributed by atoms with Crippen LogP contribution in [0.3, 0.4) is 0 Å². The highest BCUT2D eigenvalue weighted by molar-refractivity contribution is 5.74. The highest BCUT2D eigenvalue weighted by Gasteiger charge is 2.40. The first-order valence-corrected chi connectivity index (χ1v) is 5.05. The Bertz CT molecular complexity index is 242. The van der Waals surface area contributed by atoms with Crippen molar-refractivity contribution in [3.63, 3.8) is 0 Å². The lowest BCUT2D eigenvalue weighted by atomic mass is 9.94. The lowest BCUT2D eigenvalue weighted by Gasteiger charge is -2.18. The summed E-state index contributed by atoms with van der Waals surface area (Å²) in [5.74, 6) is 1.27. The molecule has 3 atom stereocenters. The summed E-state index contributed by atoms with van der Waals surface area (Å²) < 4.78 is 5.21. The van der Waals surface area contributed by atoms with Crippen molar-refractivity contribution in [2.24, 2.45) is 17.8 Å². The third kappa shape index (κ3) is 1.62. The second-order valence-corrected chi connectivity index (χ2v) is 4.37. The molecule has 0 spiro atoms. The van der Waals surface area contributed by atoms with E-state index in [0.29, 0.717) is 11.8 Å². The maximum absolute atomic E-state index is 11.6. The molecule has 72 valence electrons. The predicted octanol–water partition coefficient (Wildman–Crippen LogP) is 2.15. The summed E-state index contributed by atoms with van der Waals surface area (Å²) in [5.41, 5.74) is 0. The summed E-state index contributed by atoms with van der Waals surface area (Å²) in [7, 11) is 0. The van der Waals surface area contributed by atoms with Gasteiger partial charge in [-0.25, -0.2) is 0 Å². The number of hydrogen-bond acceptors (Lipinski definition) is 2. The van der Waals surface area contributed by atoms with Crippen molar-refractivity contribution in [2.45, 2.75) is 32.8 Å². The number of esters is 1. The molecule has 13 heavy (non-hydrogen) atoms. The van der Waals surface area contributed by atoms with Gasteiger partial charge in [0.05, 0.1) is 12.0 Å². The summed E-state index contributed by atoms with van der Waals surface area (Å²) in [6.07, 6.45) is 6.62. The van der Waals surface area contributed by atoms with Crippen molar-refractivity contribution < 1.29 is 9.53 Å². The number of fused-ring (bicyclic) bond motifs is 2. The van der Waals surface area contributed by atoms with Crippen molar-refractivity contribution in [1.82, 2.24) is 0 Å². The Kier molecular flexibility index (Phi) is 2.14. The Morgan fingerprint density at radius 3 is 2.62 bits per heavy atom. The fourth-order valence-electron chi connectivity index (χ4n) is 2.37. The van der Waals surface area contributed by atoms with Crippen LogP contribution in [0.1, 0.15) is 26.7 Å². The minimum Gasteiger partial charge on any atom is -0.463 e. The Morgan fingerprint density at radius 2 is 2.15 bits per heavy atom. The van der Waals surface area contributed by atoms with Gasteiger partial charge in [0, 0.05) is 0 Å². The smallest absolute Gasteiger partial charge is 0.309 e. The molecule has 1 fully saturated rings. The maximum Gasteiger partial charge on any atom is 0.309 e. The zero-order valence-corrected chi connectivity index (χ0v) is 8.19. The second-order valence-electron chi connectivity index (χ2n) is 4.37. The minimum absolute atomic E-state index is 0.00634. The standard InChI is InChI=1S/C11H16O2/c1-7(2)13-11(12)10-6-8-3-4-9(10)5-8/h3-4,7-10H,5-6H2,1-2H3/t8-,9-,10+/m0/s1. The van der Waals surface area contributed by atoms with Crippen LogP contribution in [0.2, 0.25) is 0 Å². The van der Waals surface area contributed by atoms with Gasteiger partial charge in [0.1, 0.15) is 0 Å². The van der Waals surface area contributed by atoms with Crippen LogP contribution in [0.25, 0.3) is 0 Å². The molecule has 2 nitrogen and oxygen atoms in total. The highest BCUT2D eigenvalue weighted by Crippen LogP contribution is 2.43. The molecule has 0 aromatic heterocycles. The molecule has 0 N–H and O–H groups in total. The summed E-state index contributed by atoms with van der Waals surface area (Å²) in [5, 5.41) is 0. The van der Waals surface area contributed by atoms with Crippen molar-refractivity contribution in [2.75, 3.05) is 0 Å². The Balaban J connectivity index is 1.95. The van der Waals surface area contributed by atoms with E-state index >= 15 is 0 Å². The number of ether oxygens (including phenoxy) is 1. The first-order valence-electron chi connectivity index (χ1n) is 5.05. The summed E-state index contributed by atoms with van der Waals surface area (Å²) in [6.45, 7) is 3.81. The lowest BCUT2D eigenvalue weighted by molar-refractivity contribution is -0.153. The van der Waals surface area contributed by atoms with Gasteiger partial charge in [0.25, 0.3) is 0 Å². The molecule has 2 rings (SSSR count). The van der Waals surface area contributed by atoms with Crippen LogP contribution < -0.4 is 0 Å². The van der Waals surface area contributed by atoms with E-state index in [-0.39, 0.29) is 18.0 Å². The fourth-order valence-corrected chi connectivity index (χ4v) is 2.37. The molecule has 2 aliphatic carbocycles. The monoisotopic (exact) mass is 180 g/mol. The average molecular weight is 180 g/mol. The van der Waals surface area contributed by atoms with Crippen LogP contribution in [0, 0.1) is 17.8 Å². The first kappa shape index (κ1) is 8.79. The Labute approximate surface area is 79.0 Å². The van der Waals surface area contributed by atoms with Crippen LogP contribution in [0.15, 0.2) is 12.2 Å². The number of allylic oxidation sites excluding steroid dienone is 2. The van der Waals surface area contributed by atoms with Gasteiger partial charge in [-0.1, -0.05) is 12.2 Å². The number of rotatable bonds is 2. The molecule has 0 saturated heterocycles. The minimum atomic E-state index is 0.00634. The van der Waals surface area contributed by atoms with Gasteiger partial charge in [0.15, 0.2) is 0 Å². The molecule has 2 heteroatoms. The third-order valence-electron chi connectivity index (χ3n) is 2.93. The molecule has 0 aromatic carbocycles. The molecule has 0 heterocycles. The molecule has 0 aromatic rings. The first-order chi connectivity index (χ1) is 6.16. The molecule has 0 aliphatic heterocycles. The fraction of sp³-hybridized carbons (Fsp3) is 0.727. The number of hydrogen-bond donors (Lipinski definition) is 0.